The number of amides is 1. The van der Waals surface area contributed by atoms with E-state index in [4.69, 9.17) is 27.9 Å². The molecule has 24 heavy (non-hydrogen) atoms. The van der Waals surface area contributed by atoms with Gasteiger partial charge in [0.2, 0.25) is 0 Å². The standard InChI is InChI=1S/C18H17Cl2NO2S/c19-15-4-5-16(20)17(11-15)24-12-13-2-1-3-14(10-13)18(22)21-6-8-23-9-7-21/h1-5,10-11H,6-9,12H2. The van der Waals surface area contributed by atoms with Crippen molar-refractivity contribution in [2.45, 2.75) is 10.6 Å². The minimum absolute atomic E-state index is 0.0611. The first-order valence-corrected chi connectivity index (χ1v) is 9.41. The lowest BCUT2D eigenvalue weighted by atomic mass is 10.1. The van der Waals surface area contributed by atoms with Crippen LogP contribution in [0.15, 0.2) is 47.4 Å². The van der Waals surface area contributed by atoms with Crippen LogP contribution in [0, 0.1) is 0 Å². The van der Waals surface area contributed by atoms with E-state index in [9.17, 15) is 4.79 Å². The van der Waals surface area contributed by atoms with Gasteiger partial charge in [-0.15, -0.1) is 11.8 Å². The highest BCUT2D eigenvalue weighted by molar-refractivity contribution is 7.98. The number of ether oxygens (including phenoxy) is 1. The number of morpholine rings is 1. The first kappa shape index (κ1) is 17.6. The van der Waals surface area contributed by atoms with Crippen LogP contribution in [0.25, 0.3) is 0 Å². The molecule has 126 valence electrons. The van der Waals surface area contributed by atoms with Gasteiger partial charge in [-0.1, -0.05) is 35.3 Å². The van der Waals surface area contributed by atoms with Gasteiger partial charge in [0.25, 0.3) is 5.91 Å². The molecule has 6 heteroatoms. The number of halogens is 2. The van der Waals surface area contributed by atoms with Gasteiger partial charge in [0.15, 0.2) is 0 Å². The van der Waals surface area contributed by atoms with E-state index in [1.807, 2.05) is 35.2 Å². The molecule has 3 rings (SSSR count). The highest BCUT2D eigenvalue weighted by Gasteiger charge is 2.18. The molecule has 1 amide bonds. The summed E-state index contributed by atoms with van der Waals surface area (Å²) in [4.78, 5) is 15.3. The smallest absolute Gasteiger partial charge is 0.254 e. The van der Waals surface area contributed by atoms with Crippen LogP contribution < -0.4 is 0 Å². The minimum atomic E-state index is 0.0611. The average Bonchev–Trinajstić information content (AvgIpc) is 2.63. The van der Waals surface area contributed by atoms with Crippen LogP contribution in [-0.2, 0) is 10.5 Å². The zero-order chi connectivity index (χ0) is 16.9. The Morgan fingerprint density at radius 2 is 1.92 bits per heavy atom. The highest BCUT2D eigenvalue weighted by atomic mass is 35.5. The molecule has 1 heterocycles. The molecule has 0 atom stereocenters. The molecule has 1 fully saturated rings. The number of carbonyl (C=O) groups is 1. The van der Waals surface area contributed by atoms with Crippen LogP contribution in [0.2, 0.25) is 10.0 Å². The number of hydrogen-bond acceptors (Lipinski definition) is 3. The summed E-state index contributed by atoms with van der Waals surface area (Å²) in [5.41, 5.74) is 1.79. The van der Waals surface area contributed by atoms with Crippen molar-refractivity contribution in [1.82, 2.24) is 4.90 Å². The molecule has 3 nitrogen and oxygen atoms in total. The lowest BCUT2D eigenvalue weighted by molar-refractivity contribution is 0.0303. The molecular weight excluding hydrogens is 365 g/mol. The number of hydrogen-bond donors (Lipinski definition) is 0. The van der Waals surface area contributed by atoms with Crippen molar-refractivity contribution < 1.29 is 9.53 Å². The van der Waals surface area contributed by atoms with Gasteiger partial charge in [0.05, 0.1) is 18.2 Å². The summed E-state index contributed by atoms with van der Waals surface area (Å²) in [6.45, 7) is 2.51. The molecule has 0 bridgehead atoms. The van der Waals surface area contributed by atoms with Crippen molar-refractivity contribution in [2.75, 3.05) is 26.3 Å². The van der Waals surface area contributed by atoms with Crippen LogP contribution in [0.1, 0.15) is 15.9 Å². The zero-order valence-electron chi connectivity index (χ0n) is 13.0. The van der Waals surface area contributed by atoms with E-state index in [-0.39, 0.29) is 5.91 Å². The van der Waals surface area contributed by atoms with Crippen LogP contribution in [-0.4, -0.2) is 37.1 Å². The number of rotatable bonds is 4. The van der Waals surface area contributed by atoms with Crippen molar-refractivity contribution >= 4 is 40.9 Å². The Bertz CT molecular complexity index is 733. The van der Waals surface area contributed by atoms with E-state index in [1.54, 1.807) is 23.9 Å². The third kappa shape index (κ3) is 4.45. The number of carbonyl (C=O) groups excluding carboxylic acids is 1. The summed E-state index contributed by atoms with van der Waals surface area (Å²) in [6, 6.07) is 13.2. The summed E-state index contributed by atoms with van der Waals surface area (Å²) in [5, 5.41) is 1.35. The van der Waals surface area contributed by atoms with Gasteiger partial charge < -0.3 is 9.64 Å². The molecule has 2 aromatic rings. The first-order valence-electron chi connectivity index (χ1n) is 7.67. The SMILES string of the molecule is O=C(c1cccc(CSc2cc(Cl)ccc2Cl)c1)N1CCOCC1. The fourth-order valence-corrected chi connectivity index (χ4v) is 3.93. The zero-order valence-corrected chi connectivity index (χ0v) is 15.3. The summed E-state index contributed by atoms with van der Waals surface area (Å²) >= 11 is 13.8. The first-order chi connectivity index (χ1) is 11.6. The topological polar surface area (TPSA) is 29.5 Å². The number of thioether (sulfide) groups is 1. The average molecular weight is 382 g/mol. The molecule has 2 aromatic carbocycles. The summed E-state index contributed by atoms with van der Waals surface area (Å²) in [6.07, 6.45) is 0. The maximum Gasteiger partial charge on any atom is 0.254 e. The molecule has 0 spiro atoms. The maximum absolute atomic E-state index is 12.5. The largest absolute Gasteiger partial charge is 0.378 e. The second-order valence-corrected chi connectivity index (χ2v) is 7.33. The van der Waals surface area contributed by atoms with E-state index >= 15 is 0 Å². The summed E-state index contributed by atoms with van der Waals surface area (Å²) in [5.74, 6) is 0.788. The molecule has 0 aliphatic carbocycles. The fourth-order valence-electron chi connectivity index (χ4n) is 2.49. The van der Waals surface area contributed by atoms with Crippen molar-refractivity contribution in [3.8, 4) is 0 Å². The lowest BCUT2D eigenvalue weighted by Crippen LogP contribution is -2.40. The fraction of sp³-hybridized carbons (Fsp3) is 0.278. The summed E-state index contributed by atoms with van der Waals surface area (Å²) in [7, 11) is 0. The van der Waals surface area contributed by atoms with Gasteiger partial charge in [0.1, 0.15) is 0 Å². The number of nitrogens with zero attached hydrogens (tertiary/aromatic N) is 1. The van der Waals surface area contributed by atoms with Gasteiger partial charge >= 0.3 is 0 Å². The van der Waals surface area contributed by atoms with E-state index < -0.39 is 0 Å². The van der Waals surface area contributed by atoms with Crippen LogP contribution in [0.4, 0.5) is 0 Å². The number of benzene rings is 2. The minimum Gasteiger partial charge on any atom is -0.378 e. The third-order valence-electron chi connectivity index (χ3n) is 3.76. The lowest BCUT2D eigenvalue weighted by Gasteiger charge is -2.27. The highest BCUT2D eigenvalue weighted by Crippen LogP contribution is 2.32. The van der Waals surface area contributed by atoms with Gasteiger partial charge in [-0.2, -0.15) is 0 Å². The normalized spacial score (nSPS) is 14.7. The molecule has 0 N–H and O–H groups in total. The molecule has 1 aliphatic heterocycles. The molecule has 0 unspecified atom stereocenters. The van der Waals surface area contributed by atoms with E-state index in [0.29, 0.717) is 41.9 Å². The molecule has 1 aliphatic rings. The second-order valence-electron chi connectivity index (χ2n) is 5.47. The Morgan fingerprint density at radius 3 is 2.71 bits per heavy atom. The van der Waals surface area contributed by atoms with Crippen LogP contribution in [0.5, 0.6) is 0 Å². The van der Waals surface area contributed by atoms with E-state index in [0.717, 1.165) is 16.2 Å². The Kier molecular flexibility index (Phi) is 6.06. The Balaban J connectivity index is 1.68. The van der Waals surface area contributed by atoms with Crippen LogP contribution >= 0.6 is 35.0 Å². The molecular formula is C18H17Cl2NO2S. The monoisotopic (exact) mass is 381 g/mol. The quantitative estimate of drug-likeness (QED) is 0.715. The Labute approximate surface area is 155 Å². The van der Waals surface area contributed by atoms with Crippen molar-refractivity contribution in [2.24, 2.45) is 0 Å². The predicted octanol–water partition coefficient (Wildman–Crippen LogP) is 4.76. The summed E-state index contributed by atoms with van der Waals surface area (Å²) < 4.78 is 5.30. The van der Waals surface area contributed by atoms with Crippen molar-refractivity contribution in [3.05, 3.63) is 63.6 Å². The molecule has 0 saturated carbocycles. The maximum atomic E-state index is 12.5. The van der Waals surface area contributed by atoms with Gasteiger partial charge in [-0.25, -0.2) is 0 Å². The van der Waals surface area contributed by atoms with E-state index in [2.05, 4.69) is 0 Å². The van der Waals surface area contributed by atoms with Crippen LogP contribution in [0.3, 0.4) is 0 Å². The van der Waals surface area contributed by atoms with Gasteiger partial charge in [-0.05, 0) is 35.9 Å². The van der Waals surface area contributed by atoms with Crippen molar-refractivity contribution in [3.63, 3.8) is 0 Å². The van der Waals surface area contributed by atoms with Gasteiger partial charge in [-0.3, -0.25) is 4.79 Å². The molecule has 1 saturated heterocycles. The van der Waals surface area contributed by atoms with E-state index in [1.165, 1.54) is 0 Å². The third-order valence-corrected chi connectivity index (χ3v) is 5.56. The predicted molar refractivity (Wildman–Crippen MR) is 99.2 cm³/mol. The molecule has 0 aromatic heterocycles. The Hall–Kier alpha value is -1.20. The Morgan fingerprint density at radius 1 is 1.12 bits per heavy atom. The van der Waals surface area contributed by atoms with Crippen molar-refractivity contribution in [1.29, 1.82) is 0 Å². The molecule has 0 radical (unpaired) electrons. The van der Waals surface area contributed by atoms with Gasteiger partial charge in [0, 0.05) is 34.3 Å². The second kappa shape index (κ2) is 8.26.